The molecule has 117 heavy (non-hydrogen) atoms. The van der Waals surface area contributed by atoms with Crippen LogP contribution in [0.15, 0.2) is 60.2 Å². The zero-order valence-electron chi connectivity index (χ0n) is 80.6. The Bertz CT molecular complexity index is 2280. The van der Waals surface area contributed by atoms with Crippen LogP contribution in [0.3, 0.4) is 0 Å². The summed E-state index contributed by atoms with van der Waals surface area (Å²) in [7, 11) is 0. The zero-order valence-corrected chi connectivity index (χ0v) is 82.1. The first-order valence-corrected chi connectivity index (χ1v) is 53.3. The number of hydrogen-bond donors (Lipinski definition) is 0. The van der Waals surface area contributed by atoms with Gasteiger partial charge in [-0.05, 0) is 127 Å². The van der Waals surface area contributed by atoms with Crippen LogP contribution >= 0.6 is 0 Å². The van der Waals surface area contributed by atoms with Gasteiger partial charge >= 0.3 is 20.4 Å². The summed E-state index contributed by atoms with van der Waals surface area (Å²) in [6.45, 7) is 23.9. The molecular weight excluding hydrogens is 1500 g/mol. The van der Waals surface area contributed by atoms with Crippen LogP contribution < -0.4 is 0 Å². The van der Waals surface area contributed by atoms with E-state index in [-0.39, 0.29) is 20.4 Å². The van der Waals surface area contributed by atoms with Crippen molar-refractivity contribution in [3.63, 3.8) is 0 Å². The van der Waals surface area contributed by atoms with Crippen molar-refractivity contribution >= 4 is 23.6 Å². The van der Waals surface area contributed by atoms with E-state index in [0.717, 1.165) is 57.8 Å². The van der Waals surface area contributed by atoms with E-state index in [2.05, 4.69) is 134 Å². The summed E-state index contributed by atoms with van der Waals surface area (Å²) < 4.78 is 0. The Labute approximate surface area is 750 Å². The molecule has 0 aromatic heterocycles. The first kappa shape index (κ1) is 117. The number of hydrogen-bond acceptors (Lipinski definition) is 0. The molecule has 0 N–H and O–H groups in total. The number of allylic oxidation sites excluding steroid dienone is 4. The minimum atomic E-state index is 0. The molecule has 0 aliphatic heterocycles. The van der Waals surface area contributed by atoms with Gasteiger partial charge in [0.1, 0.15) is 0 Å². The monoisotopic (exact) mass is 1710 g/mol. The number of unbranched alkanes of at least 4 members (excludes halogenated alkanes) is 75. The average Bonchev–Trinajstić information content (AvgIpc) is 0.793. The Morgan fingerprint density at radius 1 is 0.265 bits per heavy atom. The minimum Gasteiger partial charge on any atom is -0.348 e. The first-order chi connectivity index (χ1) is 57.4. The van der Waals surface area contributed by atoms with Crippen LogP contribution in [0.2, 0.25) is 0 Å². The van der Waals surface area contributed by atoms with E-state index >= 15 is 0 Å². The molecule has 0 heterocycles. The molecule has 682 valence electrons. The van der Waals surface area contributed by atoms with Crippen molar-refractivity contribution in [3.8, 4) is 0 Å². The Balaban J connectivity index is 0. The van der Waals surface area contributed by atoms with E-state index in [9.17, 15) is 5.53 Å². The number of aryl methyl sites for hydroxylation is 2. The van der Waals surface area contributed by atoms with E-state index in [4.69, 9.17) is 0 Å². The van der Waals surface area contributed by atoms with Crippen LogP contribution in [0.4, 0.5) is 0 Å². The van der Waals surface area contributed by atoms with Gasteiger partial charge in [-0.2, -0.15) is 12.8 Å². The third-order valence-electron chi connectivity index (χ3n) is 24.9. The molecule has 0 unspecified atom stereocenters. The zero-order chi connectivity index (χ0) is 83.9. The van der Waals surface area contributed by atoms with Gasteiger partial charge in [0.2, 0.25) is 0 Å². The summed E-state index contributed by atoms with van der Waals surface area (Å²) in [6.07, 6.45) is 129. The fraction of sp³-hybridized carbons (Fsp3) is 0.807. The maximum Gasteiger partial charge on any atom is 2.00 e. The Morgan fingerprint density at radius 3 is 0.701 bits per heavy atom. The van der Waals surface area contributed by atoms with Crippen molar-refractivity contribution in [1.82, 2.24) is 0 Å². The summed E-state index contributed by atoms with van der Waals surface area (Å²) in [5, 5.41) is 0. The van der Waals surface area contributed by atoms with Crippen molar-refractivity contribution in [2.45, 2.75) is 594 Å². The molecular formula is C114H206N2Pd. The van der Waals surface area contributed by atoms with Gasteiger partial charge in [-0.1, -0.05) is 560 Å². The minimum absolute atomic E-state index is 0. The molecule has 0 saturated carbocycles. The Morgan fingerprint density at radius 2 is 0.479 bits per heavy atom. The predicted octanol–water partition coefficient (Wildman–Crippen LogP) is 41.2. The van der Waals surface area contributed by atoms with E-state index in [0.29, 0.717) is 0 Å². The average molecular weight is 1710 g/mol. The van der Waals surface area contributed by atoms with Crippen LogP contribution in [0, 0.1) is 13.8 Å². The normalized spacial score (nSPS) is 11.6. The first-order valence-electron chi connectivity index (χ1n) is 53.3. The van der Waals surface area contributed by atoms with Crippen LogP contribution in [0.5, 0.6) is 0 Å². The van der Waals surface area contributed by atoms with Gasteiger partial charge in [0.25, 0.3) is 5.87 Å². The number of rotatable bonds is 88. The Hall–Kier alpha value is -2.52. The van der Waals surface area contributed by atoms with Gasteiger partial charge < -0.3 is 19.4 Å². The molecule has 0 amide bonds. The van der Waals surface area contributed by atoms with Gasteiger partial charge in [-0.3, -0.25) is 0 Å². The maximum absolute atomic E-state index is 9.67. The summed E-state index contributed by atoms with van der Waals surface area (Å²) in [5.74, 6) is 2.86. The van der Waals surface area contributed by atoms with E-state index < -0.39 is 0 Å². The summed E-state index contributed by atoms with van der Waals surface area (Å²) in [4.78, 5) is 3.38. The molecule has 0 radical (unpaired) electrons. The molecule has 0 saturated heterocycles. The van der Waals surface area contributed by atoms with Crippen molar-refractivity contribution in [2.75, 3.05) is 0 Å². The second kappa shape index (κ2) is 101. The van der Waals surface area contributed by atoms with Gasteiger partial charge in [0.15, 0.2) is 0 Å². The SMILES string of the molecule is CCCCCCCCCCCCCCCCCCCCCCC=Cc1cc(C=CCCCCCCCCCCCCCCCCCCCCCC)cc(C(=C(C=C=[N+]=[N-])CCCC)c2cc(CCCC)cc(CCCC)c2)c1.[CH2-]CCCCCCCCCCCCCCCCCC.[CH2-]CCCCCCCCCCCCCCCCCC.[Pd+2]. The van der Waals surface area contributed by atoms with Crippen molar-refractivity contribution < 1.29 is 25.2 Å². The predicted molar refractivity (Wildman–Crippen MR) is 531 cm³/mol. The summed E-state index contributed by atoms with van der Waals surface area (Å²) in [5.41, 5.74) is 20.1. The molecule has 0 aliphatic rings. The second-order valence-electron chi connectivity index (χ2n) is 36.6. The smallest absolute Gasteiger partial charge is 0.348 e. The van der Waals surface area contributed by atoms with Crippen molar-refractivity contribution in [2.24, 2.45) is 0 Å². The Kier molecular flexibility index (Phi) is 100. The van der Waals surface area contributed by atoms with E-state index in [1.54, 1.807) is 0 Å². The molecule has 3 heteroatoms. The largest absolute Gasteiger partial charge is 2.00 e. The van der Waals surface area contributed by atoms with Crippen LogP contribution in [-0.4, -0.2) is 10.7 Å². The van der Waals surface area contributed by atoms with Crippen LogP contribution in [-0.2, 0) is 33.3 Å². The van der Waals surface area contributed by atoms with E-state index in [1.165, 1.54) is 533 Å². The molecule has 0 spiro atoms. The summed E-state index contributed by atoms with van der Waals surface area (Å²) >= 11 is 0. The van der Waals surface area contributed by atoms with Gasteiger partial charge in [0.05, 0.1) is 6.08 Å². The third-order valence-corrected chi connectivity index (χ3v) is 24.9. The fourth-order valence-corrected chi connectivity index (χ4v) is 17.2. The molecule has 0 fully saturated rings. The van der Waals surface area contributed by atoms with Gasteiger partial charge in [-0.15, -0.1) is 4.79 Å². The second-order valence-corrected chi connectivity index (χ2v) is 36.6. The fourth-order valence-electron chi connectivity index (χ4n) is 17.2. The number of benzene rings is 2. The summed E-state index contributed by atoms with van der Waals surface area (Å²) in [6, 6.07) is 14.7. The molecule has 0 bridgehead atoms. The maximum atomic E-state index is 9.67. The molecule has 2 aromatic carbocycles. The third kappa shape index (κ3) is 84.1. The van der Waals surface area contributed by atoms with Crippen molar-refractivity contribution in [1.29, 1.82) is 0 Å². The molecule has 2 aromatic rings. The molecule has 2 rings (SSSR count). The van der Waals surface area contributed by atoms with Crippen LogP contribution in [0.25, 0.3) is 23.3 Å². The topological polar surface area (TPSA) is 36.4 Å². The van der Waals surface area contributed by atoms with Crippen molar-refractivity contribution in [3.05, 3.63) is 113 Å². The van der Waals surface area contributed by atoms with Crippen LogP contribution in [0.1, 0.15) is 615 Å². The molecule has 2 nitrogen and oxygen atoms in total. The van der Waals surface area contributed by atoms with E-state index in [1.807, 2.05) is 6.08 Å². The quantitative estimate of drug-likeness (QED) is 0.0120. The standard InChI is InChI=1S/C76H128N2.2C19H39.Pd/c1-6-11-16-18-20-22-24-26-28-30-32-34-36-38-40-42-44-46-48-50-52-54-58-71-64-72(59-55-53-51-49-47-45-43-41-39-37-35-33-31-29-27-25-23-21-19-17-12-7-2)68-75(67-71)76(73(60-15-10-5)61-62-78-77)74-65-69(56-13-8-3)63-70(66-74)57-14-9-4;2*1-3-5-7-9-11-13-15-17-19-18-16-14-12-10-8-6-4-2;/h54-55,58-59,61,63-68H,6-53,56-57,60H2,1-5H3;2*1,3-19H2,2H3;/q;2*-1;+2. The molecule has 0 atom stereocenters. The van der Waals surface area contributed by atoms with Gasteiger partial charge in [0, 0.05) is 0 Å². The van der Waals surface area contributed by atoms with Gasteiger partial charge in [-0.25, -0.2) is 0 Å². The molecule has 0 aliphatic carbocycles. The number of nitrogens with zero attached hydrogens (tertiary/aromatic N) is 2.